The Bertz CT molecular complexity index is 1010. The van der Waals surface area contributed by atoms with Crippen LogP contribution in [0.2, 0.25) is 0 Å². The van der Waals surface area contributed by atoms with Crippen LogP contribution >= 0.6 is 0 Å². The number of halogens is 1. The number of nitrogens with zero attached hydrogens (tertiary/aromatic N) is 2. The molecule has 0 aliphatic heterocycles. The Morgan fingerprint density at radius 1 is 1.07 bits per heavy atom. The number of carbonyl (C=O) groups is 1. The summed E-state index contributed by atoms with van der Waals surface area (Å²) in [5.41, 5.74) is 2.39. The van der Waals surface area contributed by atoms with Gasteiger partial charge in [0.1, 0.15) is 36.1 Å². The Labute approximate surface area is 173 Å². The largest absolute Gasteiger partial charge is 0.492 e. The van der Waals surface area contributed by atoms with Crippen LogP contribution in [-0.4, -0.2) is 34.2 Å². The number of nitrogens with one attached hydrogen (secondary N) is 1. The van der Waals surface area contributed by atoms with Gasteiger partial charge in [0.2, 0.25) is 5.95 Å². The molecule has 3 aromatic rings. The number of benzene rings is 2. The third-order valence-electron chi connectivity index (χ3n) is 4.14. The zero-order valence-corrected chi connectivity index (χ0v) is 16.7. The first kappa shape index (κ1) is 21.0. The topological polar surface area (TPSA) is 93.6 Å². The molecule has 3 rings (SSSR count). The molecule has 0 radical (unpaired) electrons. The smallest absolute Gasteiger partial charge is 0.339 e. The van der Waals surface area contributed by atoms with Crippen LogP contribution in [0.25, 0.3) is 0 Å². The van der Waals surface area contributed by atoms with Crippen molar-refractivity contribution < 1.29 is 23.8 Å². The van der Waals surface area contributed by atoms with Crippen LogP contribution in [0, 0.1) is 19.7 Å². The summed E-state index contributed by atoms with van der Waals surface area (Å²) < 4.78 is 24.3. The molecule has 8 heteroatoms. The highest BCUT2D eigenvalue weighted by atomic mass is 19.1. The van der Waals surface area contributed by atoms with Gasteiger partial charge in [-0.3, -0.25) is 0 Å². The van der Waals surface area contributed by atoms with Crippen molar-refractivity contribution in [3.63, 3.8) is 0 Å². The molecule has 0 aliphatic carbocycles. The van der Waals surface area contributed by atoms with E-state index in [0.29, 0.717) is 18.9 Å². The summed E-state index contributed by atoms with van der Waals surface area (Å²) in [6.07, 6.45) is 1.23. The molecule has 30 heavy (non-hydrogen) atoms. The highest BCUT2D eigenvalue weighted by molar-refractivity contribution is 5.88. The number of ether oxygens (including phenoxy) is 2. The van der Waals surface area contributed by atoms with Crippen molar-refractivity contribution in [2.75, 3.05) is 18.5 Å². The molecule has 0 spiro atoms. The van der Waals surface area contributed by atoms with Gasteiger partial charge >= 0.3 is 5.97 Å². The van der Waals surface area contributed by atoms with E-state index in [1.54, 1.807) is 0 Å². The number of carboxylic acids is 1. The van der Waals surface area contributed by atoms with Gasteiger partial charge in [-0.1, -0.05) is 6.07 Å². The lowest BCUT2D eigenvalue weighted by molar-refractivity contribution is 0.0692. The van der Waals surface area contributed by atoms with Crippen molar-refractivity contribution in [3.8, 4) is 11.5 Å². The summed E-state index contributed by atoms with van der Waals surface area (Å²) in [4.78, 5) is 19.7. The van der Waals surface area contributed by atoms with Crippen LogP contribution in [0.4, 0.5) is 10.3 Å². The van der Waals surface area contributed by atoms with E-state index >= 15 is 0 Å². The zero-order valence-electron chi connectivity index (χ0n) is 16.7. The van der Waals surface area contributed by atoms with Crippen LogP contribution in [-0.2, 0) is 6.61 Å². The van der Waals surface area contributed by atoms with Gasteiger partial charge in [0.15, 0.2) is 0 Å². The molecule has 0 saturated heterocycles. The molecule has 1 heterocycles. The van der Waals surface area contributed by atoms with Gasteiger partial charge in [-0.15, -0.1) is 0 Å². The first-order valence-corrected chi connectivity index (χ1v) is 9.33. The number of carboxylic acid groups (broad SMARTS) is 1. The summed E-state index contributed by atoms with van der Waals surface area (Å²) in [6.45, 7) is 4.73. The first-order valence-electron chi connectivity index (χ1n) is 9.33. The summed E-state index contributed by atoms with van der Waals surface area (Å²) in [6, 6.07) is 11.4. The molecule has 0 aliphatic rings. The van der Waals surface area contributed by atoms with E-state index in [9.17, 15) is 14.3 Å². The molecule has 2 N–H and O–H groups in total. The highest BCUT2D eigenvalue weighted by Gasteiger charge is 2.14. The molecule has 1 aromatic heterocycles. The fraction of sp³-hybridized carbons (Fsp3) is 0.227. The van der Waals surface area contributed by atoms with Crippen LogP contribution in [0.15, 0.2) is 48.7 Å². The standard InChI is InChI=1S/C22H22FN3O4/c1-14-9-15(2)11-18(10-14)29-8-7-24-22-25-12-19(21(27)28)20(26-22)13-30-17-5-3-16(23)4-6-17/h3-6,9-12H,7-8,13H2,1-2H3,(H,27,28)(H,24,25,26). The third-order valence-corrected chi connectivity index (χ3v) is 4.14. The van der Waals surface area contributed by atoms with E-state index < -0.39 is 5.97 Å². The Morgan fingerprint density at radius 2 is 1.77 bits per heavy atom. The van der Waals surface area contributed by atoms with Crippen LogP contribution < -0.4 is 14.8 Å². The second kappa shape index (κ2) is 9.69. The van der Waals surface area contributed by atoms with E-state index in [2.05, 4.69) is 21.4 Å². The van der Waals surface area contributed by atoms with Gasteiger partial charge in [-0.2, -0.15) is 0 Å². The number of aryl methyl sites for hydroxylation is 2. The number of hydrogen-bond donors (Lipinski definition) is 2. The van der Waals surface area contributed by atoms with Crippen LogP contribution in [0.3, 0.4) is 0 Å². The van der Waals surface area contributed by atoms with Crippen molar-refractivity contribution in [3.05, 3.63) is 76.9 Å². The maximum Gasteiger partial charge on any atom is 0.339 e. The second-order valence-corrected chi connectivity index (χ2v) is 6.70. The SMILES string of the molecule is Cc1cc(C)cc(OCCNc2ncc(C(=O)O)c(COc3ccc(F)cc3)n2)c1. The number of aromatic carboxylic acids is 1. The quantitative estimate of drug-likeness (QED) is 0.514. The fourth-order valence-corrected chi connectivity index (χ4v) is 2.82. The predicted molar refractivity (Wildman–Crippen MR) is 110 cm³/mol. The Balaban J connectivity index is 1.60. The van der Waals surface area contributed by atoms with E-state index in [1.807, 2.05) is 26.0 Å². The number of hydrogen-bond acceptors (Lipinski definition) is 6. The number of aromatic nitrogens is 2. The molecular formula is C22H22FN3O4. The maximum absolute atomic E-state index is 13.0. The van der Waals surface area contributed by atoms with Gasteiger partial charge in [-0.25, -0.2) is 19.2 Å². The van der Waals surface area contributed by atoms with Crippen molar-refractivity contribution >= 4 is 11.9 Å². The number of anilines is 1. The highest BCUT2D eigenvalue weighted by Crippen LogP contribution is 2.17. The molecule has 0 amide bonds. The van der Waals surface area contributed by atoms with E-state index in [-0.39, 0.29) is 29.6 Å². The lowest BCUT2D eigenvalue weighted by Gasteiger charge is -2.11. The third kappa shape index (κ3) is 5.91. The molecule has 0 saturated carbocycles. The average Bonchev–Trinajstić information content (AvgIpc) is 2.70. The van der Waals surface area contributed by atoms with Crippen LogP contribution in [0.1, 0.15) is 27.2 Å². The summed E-state index contributed by atoms with van der Waals surface area (Å²) in [7, 11) is 0. The zero-order chi connectivity index (χ0) is 21.5. The number of rotatable bonds is 9. The Hall–Kier alpha value is -3.68. The Kier molecular flexibility index (Phi) is 6.79. The minimum atomic E-state index is -1.16. The van der Waals surface area contributed by atoms with E-state index in [1.165, 1.54) is 30.5 Å². The van der Waals surface area contributed by atoms with E-state index in [0.717, 1.165) is 16.9 Å². The first-order chi connectivity index (χ1) is 14.4. The average molecular weight is 411 g/mol. The van der Waals surface area contributed by atoms with E-state index in [4.69, 9.17) is 9.47 Å². The van der Waals surface area contributed by atoms with Crippen molar-refractivity contribution in [1.29, 1.82) is 0 Å². The monoisotopic (exact) mass is 411 g/mol. The Morgan fingerprint density at radius 3 is 2.43 bits per heavy atom. The summed E-state index contributed by atoms with van der Waals surface area (Å²) in [5.74, 6) is -0.0863. The minimum Gasteiger partial charge on any atom is -0.492 e. The summed E-state index contributed by atoms with van der Waals surface area (Å²) in [5, 5.41) is 12.4. The molecule has 2 aromatic carbocycles. The molecule has 0 bridgehead atoms. The lowest BCUT2D eigenvalue weighted by atomic mass is 10.1. The van der Waals surface area contributed by atoms with Crippen molar-refractivity contribution in [1.82, 2.24) is 9.97 Å². The summed E-state index contributed by atoms with van der Waals surface area (Å²) >= 11 is 0. The lowest BCUT2D eigenvalue weighted by Crippen LogP contribution is -2.16. The molecule has 0 atom stereocenters. The molecular weight excluding hydrogens is 389 g/mol. The molecule has 7 nitrogen and oxygen atoms in total. The molecule has 156 valence electrons. The van der Waals surface area contributed by atoms with Gasteiger partial charge in [0, 0.05) is 6.20 Å². The van der Waals surface area contributed by atoms with Gasteiger partial charge < -0.3 is 19.9 Å². The van der Waals surface area contributed by atoms with Gasteiger partial charge in [-0.05, 0) is 61.4 Å². The van der Waals surface area contributed by atoms with Gasteiger partial charge in [0.25, 0.3) is 0 Å². The maximum atomic E-state index is 13.0. The predicted octanol–water partition coefficient (Wildman–Crippen LogP) is 4.00. The van der Waals surface area contributed by atoms with Gasteiger partial charge in [0.05, 0.1) is 12.2 Å². The molecule has 0 fully saturated rings. The molecule has 0 unspecified atom stereocenters. The van der Waals surface area contributed by atoms with Crippen molar-refractivity contribution in [2.24, 2.45) is 0 Å². The van der Waals surface area contributed by atoms with Crippen molar-refractivity contribution in [2.45, 2.75) is 20.5 Å². The fourth-order valence-electron chi connectivity index (χ4n) is 2.82. The second-order valence-electron chi connectivity index (χ2n) is 6.70. The normalized spacial score (nSPS) is 10.5. The van der Waals surface area contributed by atoms with Crippen LogP contribution in [0.5, 0.6) is 11.5 Å². The minimum absolute atomic E-state index is 0.0610.